The van der Waals surface area contributed by atoms with Crippen molar-refractivity contribution in [3.05, 3.63) is 46.1 Å². The number of furan rings is 1. The van der Waals surface area contributed by atoms with Crippen molar-refractivity contribution in [2.75, 3.05) is 11.4 Å². The second-order valence-electron chi connectivity index (χ2n) is 6.95. The summed E-state index contributed by atoms with van der Waals surface area (Å²) in [4.78, 5) is 14.3. The average Bonchev–Trinajstić information content (AvgIpc) is 3.11. The fourth-order valence-corrected chi connectivity index (χ4v) is 4.51. The maximum Gasteiger partial charge on any atom is 0.294 e. The SMILES string of the molecule is CC(C)(C)NS(=O)(=O)c1ccc(C(=O)N2CCc3cc(Br)ccc32)o1. The molecule has 1 aliphatic heterocycles. The number of carbonyl (C=O) groups is 1. The van der Waals surface area contributed by atoms with Gasteiger partial charge in [0.25, 0.3) is 15.9 Å². The van der Waals surface area contributed by atoms with Crippen LogP contribution in [-0.2, 0) is 16.4 Å². The molecule has 0 fully saturated rings. The van der Waals surface area contributed by atoms with E-state index in [0.717, 1.165) is 22.1 Å². The Morgan fingerprint density at radius 2 is 1.96 bits per heavy atom. The zero-order valence-electron chi connectivity index (χ0n) is 14.2. The molecule has 0 saturated heterocycles. The van der Waals surface area contributed by atoms with Crippen LogP contribution >= 0.6 is 15.9 Å². The van der Waals surface area contributed by atoms with Gasteiger partial charge in [0.1, 0.15) is 0 Å². The normalized spacial score (nSPS) is 14.6. The molecule has 1 aromatic heterocycles. The largest absolute Gasteiger partial charge is 0.438 e. The van der Waals surface area contributed by atoms with E-state index >= 15 is 0 Å². The maximum absolute atomic E-state index is 12.7. The first-order valence-corrected chi connectivity index (χ1v) is 10.1. The molecule has 3 rings (SSSR count). The van der Waals surface area contributed by atoms with Crippen LogP contribution < -0.4 is 9.62 Å². The molecule has 0 bridgehead atoms. The molecule has 0 atom stereocenters. The van der Waals surface area contributed by atoms with Crippen LogP contribution in [0.3, 0.4) is 0 Å². The molecule has 134 valence electrons. The molecule has 1 aromatic carbocycles. The lowest BCUT2D eigenvalue weighted by molar-refractivity contribution is 0.0957. The average molecular weight is 427 g/mol. The molecule has 0 spiro atoms. The van der Waals surface area contributed by atoms with Crippen LogP contribution in [0, 0.1) is 0 Å². The number of carbonyl (C=O) groups excluding carboxylic acids is 1. The van der Waals surface area contributed by atoms with E-state index in [9.17, 15) is 13.2 Å². The van der Waals surface area contributed by atoms with Crippen molar-refractivity contribution >= 4 is 37.5 Å². The van der Waals surface area contributed by atoms with Crippen molar-refractivity contribution in [2.24, 2.45) is 0 Å². The van der Waals surface area contributed by atoms with E-state index in [4.69, 9.17) is 4.42 Å². The van der Waals surface area contributed by atoms with Crippen molar-refractivity contribution in [3.63, 3.8) is 0 Å². The number of anilines is 1. The lowest BCUT2D eigenvalue weighted by Crippen LogP contribution is -2.40. The molecule has 6 nitrogen and oxygen atoms in total. The molecule has 1 amide bonds. The van der Waals surface area contributed by atoms with Gasteiger partial charge in [0.05, 0.1) is 0 Å². The lowest BCUT2D eigenvalue weighted by Gasteiger charge is -2.19. The van der Waals surface area contributed by atoms with E-state index < -0.39 is 15.6 Å². The van der Waals surface area contributed by atoms with Crippen LogP contribution in [-0.4, -0.2) is 26.4 Å². The number of nitrogens with one attached hydrogen (secondary N) is 1. The molecular formula is C17H19BrN2O4S. The van der Waals surface area contributed by atoms with Crippen LogP contribution in [0.1, 0.15) is 36.9 Å². The summed E-state index contributed by atoms with van der Waals surface area (Å²) in [5, 5.41) is -0.263. The van der Waals surface area contributed by atoms with Crippen LogP contribution in [0.15, 0.2) is 44.3 Å². The summed E-state index contributed by atoms with van der Waals surface area (Å²) >= 11 is 3.42. The molecular weight excluding hydrogens is 408 g/mol. The Balaban J connectivity index is 1.86. The smallest absolute Gasteiger partial charge is 0.294 e. The number of sulfonamides is 1. The standard InChI is InChI=1S/C17H19BrN2O4S/c1-17(2,3)19-25(22,23)15-7-6-14(24-15)16(21)20-9-8-11-10-12(18)4-5-13(11)20/h4-7,10,19H,8-9H2,1-3H3. The van der Waals surface area contributed by atoms with Crippen LogP contribution in [0.5, 0.6) is 0 Å². The summed E-state index contributed by atoms with van der Waals surface area (Å²) < 4.78 is 33.4. The van der Waals surface area contributed by atoms with E-state index in [0.29, 0.717) is 6.54 Å². The Labute approximate surface area is 155 Å². The molecule has 0 saturated carbocycles. The fourth-order valence-electron chi connectivity index (χ4n) is 2.75. The summed E-state index contributed by atoms with van der Waals surface area (Å²) in [6.45, 7) is 5.74. The fraction of sp³-hybridized carbons (Fsp3) is 0.353. The second-order valence-corrected chi connectivity index (χ2v) is 9.48. The van der Waals surface area contributed by atoms with E-state index in [1.165, 1.54) is 12.1 Å². The molecule has 2 aromatic rings. The van der Waals surface area contributed by atoms with Gasteiger partial charge in [-0.1, -0.05) is 15.9 Å². The van der Waals surface area contributed by atoms with Gasteiger partial charge in [0.15, 0.2) is 5.76 Å². The summed E-state index contributed by atoms with van der Waals surface area (Å²) in [5.74, 6) is -0.344. The van der Waals surface area contributed by atoms with Gasteiger partial charge < -0.3 is 9.32 Å². The number of benzene rings is 1. The molecule has 1 N–H and O–H groups in total. The van der Waals surface area contributed by atoms with Gasteiger partial charge in [0.2, 0.25) is 5.09 Å². The van der Waals surface area contributed by atoms with Gasteiger partial charge >= 0.3 is 0 Å². The Morgan fingerprint density at radius 3 is 2.64 bits per heavy atom. The quantitative estimate of drug-likeness (QED) is 0.815. The molecule has 25 heavy (non-hydrogen) atoms. The lowest BCUT2D eigenvalue weighted by atomic mass is 10.1. The molecule has 0 radical (unpaired) electrons. The molecule has 8 heteroatoms. The Bertz CT molecular complexity index is 928. The minimum Gasteiger partial charge on any atom is -0.438 e. The summed E-state index contributed by atoms with van der Waals surface area (Å²) in [6.07, 6.45) is 0.748. The number of fused-ring (bicyclic) bond motifs is 1. The number of hydrogen-bond donors (Lipinski definition) is 1. The van der Waals surface area contributed by atoms with Crippen molar-refractivity contribution < 1.29 is 17.6 Å². The Kier molecular flexibility index (Phi) is 4.55. The van der Waals surface area contributed by atoms with Crippen molar-refractivity contribution in [1.82, 2.24) is 4.72 Å². The highest BCUT2D eigenvalue weighted by Gasteiger charge is 2.30. The third-order valence-electron chi connectivity index (χ3n) is 3.68. The highest BCUT2D eigenvalue weighted by molar-refractivity contribution is 9.10. The number of amides is 1. The maximum atomic E-state index is 12.7. The van der Waals surface area contributed by atoms with Crippen LogP contribution in [0.25, 0.3) is 0 Å². The number of rotatable bonds is 3. The van der Waals surface area contributed by atoms with E-state index in [2.05, 4.69) is 20.7 Å². The monoisotopic (exact) mass is 426 g/mol. The van der Waals surface area contributed by atoms with Crippen LogP contribution in [0.4, 0.5) is 5.69 Å². The van der Waals surface area contributed by atoms with E-state index in [1.54, 1.807) is 25.7 Å². The minimum absolute atomic E-state index is 0.00468. The third kappa shape index (κ3) is 3.80. The van der Waals surface area contributed by atoms with Gasteiger partial charge in [-0.2, -0.15) is 0 Å². The van der Waals surface area contributed by atoms with Gasteiger partial charge in [-0.3, -0.25) is 4.79 Å². The van der Waals surface area contributed by atoms with Crippen molar-refractivity contribution in [3.8, 4) is 0 Å². The predicted molar refractivity (Wildman–Crippen MR) is 98.3 cm³/mol. The number of hydrogen-bond acceptors (Lipinski definition) is 4. The molecule has 1 aliphatic rings. The molecule has 0 aliphatic carbocycles. The summed E-state index contributed by atoms with van der Waals surface area (Å²) in [5.41, 5.74) is 1.25. The first-order chi connectivity index (χ1) is 11.6. The summed E-state index contributed by atoms with van der Waals surface area (Å²) in [7, 11) is -3.81. The Hall–Kier alpha value is -1.64. The number of halogens is 1. The van der Waals surface area contributed by atoms with Crippen molar-refractivity contribution in [1.29, 1.82) is 0 Å². The molecule has 2 heterocycles. The zero-order chi connectivity index (χ0) is 18.4. The van der Waals surface area contributed by atoms with Gasteiger partial charge in [-0.15, -0.1) is 0 Å². The Morgan fingerprint density at radius 1 is 1.24 bits per heavy atom. The van der Waals surface area contributed by atoms with Crippen LogP contribution in [0.2, 0.25) is 0 Å². The van der Waals surface area contributed by atoms with Gasteiger partial charge in [0, 0.05) is 22.2 Å². The minimum atomic E-state index is -3.81. The second kappa shape index (κ2) is 6.26. The third-order valence-corrected chi connectivity index (χ3v) is 5.80. The van der Waals surface area contributed by atoms with Gasteiger partial charge in [-0.25, -0.2) is 13.1 Å². The topological polar surface area (TPSA) is 79.6 Å². The zero-order valence-corrected chi connectivity index (χ0v) is 16.6. The van der Waals surface area contributed by atoms with Crippen molar-refractivity contribution in [2.45, 2.75) is 37.8 Å². The first kappa shape index (κ1) is 18.2. The first-order valence-electron chi connectivity index (χ1n) is 7.81. The highest BCUT2D eigenvalue weighted by atomic mass is 79.9. The number of nitrogens with zero attached hydrogens (tertiary/aromatic N) is 1. The summed E-state index contributed by atoms with van der Waals surface area (Å²) in [6, 6.07) is 8.42. The van der Waals surface area contributed by atoms with Gasteiger partial charge in [-0.05, 0) is 63.1 Å². The predicted octanol–water partition coefficient (Wildman–Crippen LogP) is 3.32. The van der Waals surface area contributed by atoms with E-state index in [1.807, 2.05) is 18.2 Å². The van der Waals surface area contributed by atoms with E-state index in [-0.39, 0.29) is 16.8 Å². The molecule has 0 unspecified atom stereocenters. The highest BCUT2D eigenvalue weighted by Crippen LogP contribution is 2.32.